The first-order valence-electron chi connectivity index (χ1n) is 8.25. The highest BCUT2D eigenvalue weighted by molar-refractivity contribution is 5.97. The lowest BCUT2D eigenvalue weighted by atomic mass is 10.2. The molecule has 0 aliphatic carbocycles. The van der Waals surface area contributed by atoms with Crippen LogP contribution in [0.1, 0.15) is 22.8 Å². The molecule has 0 aliphatic heterocycles. The van der Waals surface area contributed by atoms with Crippen LogP contribution in [-0.4, -0.2) is 39.3 Å². The molecule has 2 aromatic rings. The van der Waals surface area contributed by atoms with E-state index in [4.69, 9.17) is 24.2 Å². The number of hydrogen-bond acceptors (Lipinski definition) is 7. The molecule has 0 saturated heterocycles. The van der Waals surface area contributed by atoms with Gasteiger partial charge in [0.25, 0.3) is 5.91 Å². The van der Waals surface area contributed by atoms with Gasteiger partial charge in [0.15, 0.2) is 17.6 Å². The molecule has 8 heteroatoms. The maximum atomic E-state index is 12.4. The number of esters is 1. The summed E-state index contributed by atoms with van der Waals surface area (Å²) in [5.41, 5.74) is 1.10. The molecular weight excluding hydrogens is 364 g/mol. The third-order valence-corrected chi connectivity index (χ3v) is 3.84. The first kappa shape index (κ1) is 20.6. The van der Waals surface area contributed by atoms with Gasteiger partial charge in [-0.3, -0.25) is 4.79 Å². The number of nitrogens with one attached hydrogen (secondary N) is 1. The lowest BCUT2D eigenvalue weighted by Gasteiger charge is -2.16. The van der Waals surface area contributed by atoms with Crippen molar-refractivity contribution in [3.05, 3.63) is 47.5 Å². The molecule has 0 unspecified atom stereocenters. The van der Waals surface area contributed by atoms with Crippen LogP contribution in [0.5, 0.6) is 17.2 Å². The molecule has 146 valence electrons. The van der Waals surface area contributed by atoms with Crippen LogP contribution in [0.3, 0.4) is 0 Å². The molecule has 0 aromatic heterocycles. The van der Waals surface area contributed by atoms with Gasteiger partial charge < -0.3 is 24.3 Å². The predicted molar refractivity (Wildman–Crippen MR) is 101 cm³/mol. The number of carbonyl (C=O) groups is 2. The van der Waals surface area contributed by atoms with E-state index < -0.39 is 18.0 Å². The zero-order valence-corrected chi connectivity index (χ0v) is 15.9. The van der Waals surface area contributed by atoms with Gasteiger partial charge >= 0.3 is 5.97 Å². The summed E-state index contributed by atoms with van der Waals surface area (Å²) in [7, 11) is 4.31. The molecule has 0 radical (unpaired) electrons. The van der Waals surface area contributed by atoms with Gasteiger partial charge in [-0.1, -0.05) is 0 Å². The number of rotatable bonds is 7. The zero-order chi connectivity index (χ0) is 20.7. The number of anilines is 1. The fourth-order valence-corrected chi connectivity index (χ4v) is 2.35. The molecule has 1 amide bonds. The maximum absolute atomic E-state index is 12.4. The third-order valence-electron chi connectivity index (χ3n) is 3.84. The normalized spacial score (nSPS) is 11.0. The Morgan fingerprint density at radius 1 is 1.00 bits per heavy atom. The number of amides is 1. The summed E-state index contributed by atoms with van der Waals surface area (Å²) in [6.45, 7) is 1.45. The van der Waals surface area contributed by atoms with Crippen LogP contribution in [0, 0.1) is 11.3 Å². The van der Waals surface area contributed by atoms with Crippen LogP contribution in [0.15, 0.2) is 36.4 Å². The van der Waals surface area contributed by atoms with Crippen molar-refractivity contribution >= 4 is 17.6 Å². The fraction of sp³-hybridized carbons (Fsp3) is 0.250. The number of benzene rings is 2. The molecule has 2 aromatic carbocycles. The molecule has 1 N–H and O–H groups in total. The van der Waals surface area contributed by atoms with Gasteiger partial charge in [-0.05, 0) is 43.3 Å². The van der Waals surface area contributed by atoms with Gasteiger partial charge in [0.05, 0.1) is 38.5 Å². The van der Waals surface area contributed by atoms with Crippen LogP contribution in [0.25, 0.3) is 0 Å². The summed E-state index contributed by atoms with van der Waals surface area (Å²) >= 11 is 0. The van der Waals surface area contributed by atoms with Crippen LogP contribution in [0.4, 0.5) is 5.69 Å². The van der Waals surface area contributed by atoms with Crippen LogP contribution in [0.2, 0.25) is 0 Å². The summed E-state index contributed by atoms with van der Waals surface area (Å²) in [4.78, 5) is 24.7. The molecule has 0 fully saturated rings. The molecule has 0 aliphatic rings. The lowest BCUT2D eigenvalue weighted by Crippen LogP contribution is -2.30. The topological polar surface area (TPSA) is 107 Å². The van der Waals surface area contributed by atoms with Crippen molar-refractivity contribution in [2.45, 2.75) is 13.0 Å². The number of nitrogens with zero attached hydrogens (tertiary/aromatic N) is 1. The number of methoxy groups -OCH3 is 3. The van der Waals surface area contributed by atoms with Crippen molar-refractivity contribution in [3.63, 3.8) is 0 Å². The summed E-state index contributed by atoms with van der Waals surface area (Å²) in [5, 5.41) is 11.4. The number of ether oxygens (including phenoxy) is 4. The van der Waals surface area contributed by atoms with Crippen LogP contribution >= 0.6 is 0 Å². The van der Waals surface area contributed by atoms with E-state index in [1.165, 1.54) is 40.4 Å². The minimum absolute atomic E-state index is 0.146. The average molecular weight is 384 g/mol. The predicted octanol–water partition coefficient (Wildman–Crippen LogP) is 2.77. The Morgan fingerprint density at radius 3 is 2.04 bits per heavy atom. The van der Waals surface area contributed by atoms with Crippen molar-refractivity contribution in [1.82, 2.24) is 0 Å². The van der Waals surface area contributed by atoms with E-state index in [-0.39, 0.29) is 5.56 Å². The molecule has 2 rings (SSSR count). The van der Waals surface area contributed by atoms with Crippen molar-refractivity contribution < 1.29 is 28.5 Å². The van der Waals surface area contributed by atoms with Crippen molar-refractivity contribution in [2.24, 2.45) is 0 Å². The Bertz CT molecular complexity index is 877. The van der Waals surface area contributed by atoms with Gasteiger partial charge in [0.2, 0.25) is 5.75 Å². The Balaban J connectivity index is 2.10. The van der Waals surface area contributed by atoms with Gasteiger partial charge in [-0.25, -0.2) is 4.79 Å². The molecule has 8 nitrogen and oxygen atoms in total. The van der Waals surface area contributed by atoms with E-state index in [2.05, 4.69) is 5.32 Å². The van der Waals surface area contributed by atoms with Crippen LogP contribution < -0.4 is 19.5 Å². The van der Waals surface area contributed by atoms with Crippen molar-refractivity contribution in [2.75, 3.05) is 26.6 Å². The van der Waals surface area contributed by atoms with Gasteiger partial charge in [-0.2, -0.15) is 5.26 Å². The molecule has 28 heavy (non-hydrogen) atoms. The third kappa shape index (κ3) is 4.71. The van der Waals surface area contributed by atoms with E-state index in [1.54, 1.807) is 24.3 Å². The second-order valence-electron chi connectivity index (χ2n) is 5.64. The molecule has 0 heterocycles. The van der Waals surface area contributed by atoms with E-state index >= 15 is 0 Å². The number of carbonyl (C=O) groups excluding carboxylic acids is 2. The Hall–Kier alpha value is -3.73. The number of nitriles is 1. The minimum Gasteiger partial charge on any atom is -0.493 e. The molecule has 0 spiro atoms. The summed E-state index contributed by atoms with van der Waals surface area (Å²) in [6, 6.07) is 11.2. The molecule has 0 bridgehead atoms. The molecule has 1 atom stereocenters. The zero-order valence-electron chi connectivity index (χ0n) is 15.9. The van der Waals surface area contributed by atoms with E-state index in [0.717, 1.165) is 0 Å². The number of hydrogen-bond donors (Lipinski definition) is 1. The van der Waals surface area contributed by atoms with Crippen molar-refractivity contribution in [3.8, 4) is 23.3 Å². The first-order valence-corrected chi connectivity index (χ1v) is 8.25. The smallest absolute Gasteiger partial charge is 0.339 e. The highest BCUT2D eigenvalue weighted by Crippen LogP contribution is 2.38. The van der Waals surface area contributed by atoms with Crippen LogP contribution in [-0.2, 0) is 9.53 Å². The Labute approximate surface area is 162 Å². The summed E-state index contributed by atoms with van der Waals surface area (Å²) < 4.78 is 20.9. The van der Waals surface area contributed by atoms with E-state index in [9.17, 15) is 9.59 Å². The monoisotopic (exact) mass is 384 g/mol. The van der Waals surface area contributed by atoms with Gasteiger partial charge in [-0.15, -0.1) is 0 Å². The maximum Gasteiger partial charge on any atom is 0.339 e. The second-order valence-corrected chi connectivity index (χ2v) is 5.64. The quantitative estimate of drug-likeness (QED) is 0.732. The lowest BCUT2D eigenvalue weighted by molar-refractivity contribution is -0.123. The first-order chi connectivity index (χ1) is 13.4. The van der Waals surface area contributed by atoms with E-state index in [1.807, 2.05) is 6.07 Å². The largest absolute Gasteiger partial charge is 0.493 e. The highest BCUT2D eigenvalue weighted by atomic mass is 16.5. The highest BCUT2D eigenvalue weighted by Gasteiger charge is 2.22. The standard InChI is InChI=1S/C20H20N2O6/c1-12(19(23)22-15-7-5-13(11-21)6-8-15)28-20(24)14-9-16(25-2)18(27-4)17(10-14)26-3/h5-10,12H,1-4H3,(H,22,23)/t12-/m0/s1. The van der Waals surface area contributed by atoms with Gasteiger partial charge in [0, 0.05) is 5.69 Å². The van der Waals surface area contributed by atoms with E-state index in [0.29, 0.717) is 28.5 Å². The van der Waals surface area contributed by atoms with Crippen molar-refractivity contribution in [1.29, 1.82) is 5.26 Å². The minimum atomic E-state index is -1.05. The summed E-state index contributed by atoms with van der Waals surface area (Å²) in [5.74, 6) is -0.299. The fourth-order valence-electron chi connectivity index (χ4n) is 2.35. The Morgan fingerprint density at radius 2 is 1.57 bits per heavy atom. The Kier molecular flexibility index (Phi) is 6.82. The second kappa shape index (κ2) is 9.28. The average Bonchev–Trinajstić information content (AvgIpc) is 2.72. The summed E-state index contributed by atoms with van der Waals surface area (Å²) in [6.07, 6.45) is -1.05. The molecule has 0 saturated carbocycles. The van der Waals surface area contributed by atoms with Gasteiger partial charge in [0.1, 0.15) is 0 Å². The molecular formula is C20H20N2O6. The SMILES string of the molecule is COc1cc(C(=O)O[C@@H](C)C(=O)Nc2ccc(C#N)cc2)cc(OC)c1OC.